The molecule has 0 saturated heterocycles. The van der Waals surface area contributed by atoms with Crippen LogP contribution < -0.4 is 10.6 Å². The number of rotatable bonds is 5. The smallest absolute Gasteiger partial charge is 0.287 e. The Morgan fingerprint density at radius 2 is 1.78 bits per heavy atom. The van der Waals surface area contributed by atoms with E-state index in [1.807, 2.05) is 29.9 Å². The Morgan fingerprint density at radius 1 is 1.03 bits per heavy atom. The largest absolute Gasteiger partial charge is 0.459 e. The Bertz CT molecular complexity index is 1220. The third-order valence-corrected chi connectivity index (χ3v) is 5.97. The van der Waals surface area contributed by atoms with Gasteiger partial charge in [-0.1, -0.05) is 17.7 Å². The second kappa shape index (κ2) is 8.45. The number of carbonyl (C=O) groups is 1. The van der Waals surface area contributed by atoms with Gasteiger partial charge in [0.05, 0.1) is 23.5 Å². The van der Waals surface area contributed by atoms with E-state index in [0.29, 0.717) is 11.6 Å². The van der Waals surface area contributed by atoms with Crippen molar-refractivity contribution in [2.75, 3.05) is 5.32 Å². The minimum Gasteiger partial charge on any atom is -0.459 e. The fourth-order valence-corrected chi connectivity index (χ4v) is 4.24. The van der Waals surface area contributed by atoms with Gasteiger partial charge in [-0.25, -0.2) is 14.6 Å². The van der Waals surface area contributed by atoms with E-state index in [1.165, 1.54) is 11.8 Å². The van der Waals surface area contributed by atoms with Crippen LogP contribution in [0.5, 0.6) is 0 Å². The van der Waals surface area contributed by atoms with Crippen molar-refractivity contribution < 1.29 is 9.21 Å². The predicted octanol–water partition coefficient (Wildman–Crippen LogP) is 4.18. The lowest BCUT2D eigenvalue weighted by molar-refractivity contribution is 0.0898. The number of carbonyl (C=O) groups excluding carboxylic acids is 1. The second-order valence-electron chi connectivity index (χ2n) is 8.39. The van der Waals surface area contributed by atoms with E-state index in [1.54, 1.807) is 12.1 Å². The molecule has 0 radical (unpaired) electrons. The van der Waals surface area contributed by atoms with Crippen molar-refractivity contribution in [2.24, 2.45) is 0 Å². The van der Waals surface area contributed by atoms with E-state index in [0.717, 1.165) is 48.2 Å². The van der Waals surface area contributed by atoms with Gasteiger partial charge < -0.3 is 15.1 Å². The van der Waals surface area contributed by atoms with Gasteiger partial charge in [-0.3, -0.25) is 4.79 Å². The standard InChI is InChI=1S/C24H26N6O2/c1-15-5-11-19(12-6-15)30-23-20(14-25-30)22(26-16(2)27-23)28-17-7-9-18(10-8-17)29-24(31)21-4-3-13-32-21/h3-6,11-14,17-18H,7-10H2,1-2H3,(H,29,31)(H,26,27,28). The Labute approximate surface area is 186 Å². The fraction of sp³-hybridized carbons (Fsp3) is 0.333. The molecule has 1 aliphatic rings. The molecule has 1 fully saturated rings. The SMILES string of the molecule is Cc1ccc(-n2ncc3c(NC4CCC(NC(=O)c5ccco5)CC4)nc(C)nc32)cc1. The molecule has 164 valence electrons. The molecule has 0 atom stereocenters. The van der Waals surface area contributed by atoms with E-state index in [4.69, 9.17) is 4.42 Å². The van der Waals surface area contributed by atoms with Gasteiger partial charge in [0.25, 0.3) is 5.91 Å². The Balaban J connectivity index is 1.29. The first-order valence-corrected chi connectivity index (χ1v) is 11.0. The highest BCUT2D eigenvalue weighted by atomic mass is 16.3. The molecule has 8 heteroatoms. The number of nitrogens with zero attached hydrogens (tertiary/aromatic N) is 4. The number of anilines is 1. The minimum absolute atomic E-state index is 0.150. The number of aryl methyl sites for hydroxylation is 2. The van der Waals surface area contributed by atoms with Crippen LogP contribution in [0.4, 0.5) is 5.82 Å². The van der Waals surface area contributed by atoms with E-state index >= 15 is 0 Å². The number of furan rings is 1. The molecule has 1 amide bonds. The first-order valence-electron chi connectivity index (χ1n) is 11.0. The van der Waals surface area contributed by atoms with Crippen molar-refractivity contribution in [1.29, 1.82) is 0 Å². The van der Waals surface area contributed by atoms with Gasteiger partial charge in [0.15, 0.2) is 11.4 Å². The van der Waals surface area contributed by atoms with Crippen molar-refractivity contribution in [2.45, 2.75) is 51.6 Å². The molecule has 4 aromatic rings. The first kappa shape index (κ1) is 20.2. The van der Waals surface area contributed by atoms with E-state index in [2.05, 4.69) is 44.8 Å². The molecule has 2 N–H and O–H groups in total. The van der Waals surface area contributed by atoms with E-state index in [-0.39, 0.29) is 18.0 Å². The monoisotopic (exact) mass is 430 g/mol. The van der Waals surface area contributed by atoms with Crippen molar-refractivity contribution >= 4 is 22.8 Å². The van der Waals surface area contributed by atoms with Gasteiger partial charge in [0, 0.05) is 12.1 Å². The third kappa shape index (κ3) is 4.08. The maximum Gasteiger partial charge on any atom is 0.287 e. The number of hydrogen-bond donors (Lipinski definition) is 2. The minimum atomic E-state index is -0.150. The number of benzene rings is 1. The molecule has 32 heavy (non-hydrogen) atoms. The summed E-state index contributed by atoms with van der Waals surface area (Å²) in [7, 11) is 0. The molecule has 1 saturated carbocycles. The van der Waals surface area contributed by atoms with Crippen LogP contribution in [0.1, 0.15) is 47.6 Å². The summed E-state index contributed by atoms with van der Waals surface area (Å²) in [5, 5.41) is 12.2. The Morgan fingerprint density at radius 3 is 2.50 bits per heavy atom. The van der Waals surface area contributed by atoms with Crippen LogP contribution in [-0.2, 0) is 0 Å². The van der Waals surface area contributed by atoms with Crippen LogP contribution in [0.3, 0.4) is 0 Å². The van der Waals surface area contributed by atoms with E-state index < -0.39 is 0 Å². The zero-order valence-electron chi connectivity index (χ0n) is 18.2. The van der Waals surface area contributed by atoms with Crippen LogP contribution in [0, 0.1) is 13.8 Å². The molecular weight excluding hydrogens is 404 g/mol. The Kier molecular flexibility index (Phi) is 5.34. The summed E-state index contributed by atoms with van der Waals surface area (Å²) in [5.74, 6) is 1.72. The molecule has 0 aliphatic heterocycles. The zero-order chi connectivity index (χ0) is 22.1. The summed E-state index contributed by atoms with van der Waals surface area (Å²) in [5.41, 5.74) is 2.97. The van der Waals surface area contributed by atoms with Crippen LogP contribution in [-0.4, -0.2) is 37.7 Å². The second-order valence-corrected chi connectivity index (χ2v) is 8.39. The van der Waals surface area contributed by atoms with Gasteiger partial charge in [0.2, 0.25) is 0 Å². The van der Waals surface area contributed by atoms with Gasteiger partial charge in [0.1, 0.15) is 11.6 Å². The summed E-state index contributed by atoms with van der Waals surface area (Å²) >= 11 is 0. The van der Waals surface area contributed by atoms with Crippen molar-refractivity contribution in [3.05, 3.63) is 66.0 Å². The molecule has 0 unspecified atom stereocenters. The molecule has 1 aromatic carbocycles. The maximum absolute atomic E-state index is 12.2. The van der Waals surface area contributed by atoms with Crippen molar-refractivity contribution in [3.8, 4) is 5.69 Å². The molecular formula is C24H26N6O2. The van der Waals surface area contributed by atoms with Crippen molar-refractivity contribution in [3.63, 3.8) is 0 Å². The number of hydrogen-bond acceptors (Lipinski definition) is 6. The number of amides is 1. The van der Waals surface area contributed by atoms with E-state index in [9.17, 15) is 4.79 Å². The van der Waals surface area contributed by atoms with Crippen LogP contribution in [0.2, 0.25) is 0 Å². The summed E-state index contributed by atoms with van der Waals surface area (Å²) in [6, 6.07) is 12.1. The lowest BCUT2D eigenvalue weighted by atomic mass is 9.91. The highest BCUT2D eigenvalue weighted by molar-refractivity contribution is 5.91. The van der Waals surface area contributed by atoms with Crippen LogP contribution >= 0.6 is 0 Å². The van der Waals surface area contributed by atoms with Gasteiger partial charge in [-0.15, -0.1) is 0 Å². The van der Waals surface area contributed by atoms with Gasteiger partial charge in [-0.05, 0) is 63.8 Å². The van der Waals surface area contributed by atoms with Crippen molar-refractivity contribution in [1.82, 2.24) is 25.1 Å². The number of nitrogens with one attached hydrogen (secondary N) is 2. The van der Waals surface area contributed by atoms with Gasteiger partial charge >= 0.3 is 0 Å². The first-order chi connectivity index (χ1) is 15.6. The highest BCUT2D eigenvalue weighted by Gasteiger charge is 2.24. The highest BCUT2D eigenvalue weighted by Crippen LogP contribution is 2.27. The predicted molar refractivity (Wildman–Crippen MR) is 122 cm³/mol. The van der Waals surface area contributed by atoms with Gasteiger partial charge in [-0.2, -0.15) is 5.10 Å². The third-order valence-electron chi connectivity index (χ3n) is 5.97. The summed E-state index contributed by atoms with van der Waals surface area (Å²) in [6.07, 6.45) is 7.03. The average molecular weight is 431 g/mol. The molecule has 1 aliphatic carbocycles. The quantitative estimate of drug-likeness (QED) is 0.493. The summed E-state index contributed by atoms with van der Waals surface area (Å²) in [6.45, 7) is 3.97. The Hall–Kier alpha value is -3.68. The van der Waals surface area contributed by atoms with Crippen LogP contribution in [0.25, 0.3) is 16.7 Å². The average Bonchev–Trinajstić information content (AvgIpc) is 3.46. The summed E-state index contributed by atoms with van der Waals surface area (Å²) in [4.78, 5) is 21.5. The molecule has 8 nitrogen and oxygen atoms in total. The normalized spacial score (nSPS) is 18.6. The maximum atomic E-state index is 12.2. The molecule has 3 aromatic heterocycles. The lowest BCUT2D eigenvalue weighted by Gasteiger charge is -2.30. The van der Waals surface area contributed by atoms with Crippen LogP contribution in [0.15, 0.2) is 53.3 Å². The fourth-order valence-electron chi connectivity index (χ4n) is 4.24. The topological polar surface area (TPSA) is 97.9 Å². The molecule has 0 bridgehead atoms. The number of fused-ring (bicyclic) bond motifs is 1. The summed E-state index contributed by atoms with van der Waals surface area (Å²) < 4.78 is 7.04. The number of aromatic nitrogens is 4. The lowest BCUT2D eigenvalue weighted by Crippen LogP contribution is -2.40. The molecule has 5 rings (SSSR count). The molecule has 3 heterocycles. The molecule has 0 spiro atoms. The zero-order valence-corrected chi connectivity index (χ0v) is 18.2.